The summed E-state index contributed by atoms with van der Waals surface area (Å²) < 4.78 is 22.5. The highest BCUT2D eigenvalue weighted by molar-refractivity contribution is 5.71. The van der Waals surface area contributed by atoms with Crippen molar-refractivity contribution in [3.05, 3.63) is 72.8 Å². The normalized spacial score (nSPS) is 20.9. The molecule has 0 spiro atoms. The Morgan fingerprint density at radius 3 is 1.16 bits per heavy atom. The van der Waals surface area contributed by atoms with Gasteiger partial charge in [-0.15, -0.1) is 0 Å². The van der Waals surface area contributed by atoms with Crippen molar-refractivity contribution in [3.8, 4) is 33.8 Å². The Labute approximate surface area is 190 Å². The standard InChI is InChI=1S/C28H30O4/c1-19(15-27-17-29-27)31-25-11-7-23(8-12-25)21-3-5-22(6-4-21)24-9-13-26(14-10-24)32-20(2)16-28-18-30-28/h3-14,19-20,27-28H,15-18H2,1-2H3. The van der Waals surface area contributed by atoms with Crippen molar-refractivity contribution >= 4 is 0 Å². The molecule has 0 amide bonds. The second kappa shape index (κ2) is 9.35. The molecule has 4 nitrogen and oxygen atoms in total. The zero-order valence-electron chi connectivity index (χ0n) is 18.7. The Morgan fingerprint density at radius 1 is 0.594 bits per heavy atom. The summed E-state index contributed by atoms with van der Waals surface area (Å²) in [4.78, 5) is 0. The smallest absolute Gasteiger partial charge is 0.119 e. The molecule has 2 fully saturated rings. The van der Waals surface area contributed by atoms with Crippen LogP contribution in [0.4, 0.5) is 0 Å². The number of epoxide rings is 2. The molecule has 5 rings (SSSR count). The molecule has 0 N–H and O–H groups in total. The maximum atomic E-state index is 5.99. The third-order valence-corrected chi connectivity index (χ3v) is 5.93. The van der Waals surface area contributed by atoms with E-state index in [1.165, 1.54) is 22.3 Å². The minimum absolute atomic E-state index is 0.167. The van der Waals surface area contributed by atoms with E-state index in [1.54, 1.807) is 0 Å². The summed E-state index contributed by atoms with van der Waals surface area (Å²) >= 11 is 0. The van der Waals surface area contributed by atoms with Crippen LogP contribution >= 0.6 is 0 Å². The first-order valence-corrected chi connectivity index (χ1v) is 11.5. The van der Waals surface area contributed by atoms with Gasteiger partial charge in [0.2, 0.25) is 0 Å². The van der Waals surface area contributed by atoms with Gasteiger partial charge in [-0.3, -0.25) is 0 Å². The monoisotopic (exact) mass is 430 g/mol. The Hall–Kier alpha value is -2.82. The molecule has 3 aromatic rings. The van der Waals surface area contributed by atoms with E-state index in [0.717, 1.165) is 37.6 Å². The maximum Gasteiger partial charge on any atom is 0.119 e. The van der Waals surface area contributed by atoms with Gasteiger partial charge in [-0.1, -0.05) is 48.5 Å². The van der Waals surface area contributed by atoms with Crippen LogP contribution in [0.15, 0.2) is 72.8 Å². The molecule has 0 saturated carbocycles. The molecule has 2 aliphatic rings. The quantitative estimate of drug-likeness (QED) is 0.363. The van der Waals surface area contributed by atoms with Gasteiger partial charge in [0.25, 0.3) is 0 Å². The SMILES string of the molecule is CC(CC1CO1)Oc1ccc(-c2ccc(-c3ccc(OC(C)CC4CO4)cc3)cc2)cc1. The van der Waals surface area contributed by atoms with Gasteiger partial charge < -0.3 is 18.9 Å². The van der Waals surface area contributed by atoms with Crippen LogP contribution in [0, 0.1) is 0 Å². The summed E-state index contributed by atoms with van der Waals surface area (Å²) in [6.07, 6.45) is 3.00. The van der Waals surface area contributed by atoms with Gasteiger partial charge in [0.05, 0.1) is 37.6 Å². The highest BCUT2D eigenvalue weighted by Crippen LogP contribution is 2.29. The second-order valence-electron chi connectivity index (χ2n) is 8.87. The molecule has 0 radical (unpaired) electrons. The lowest BCUT2D eigenvalue weighted by Crippen LogP contribution is -2.14. The molecule has 166 valence electrons. The van der Waals surface area contributed by atoms with Crippen LogP contribution in [-0.2, 0) is 9.47 Å². The molecule has 32 heavy (non-hydrogen) atoms. The molecule has 0 bridgehead atoms. The Bertz CT molecular complexity index is 918. The third-order valence-electron chi connectivity index (χ3n) is 5.93. The van der Waals surface area contributed by atoms with Crippen LogP contribution in [-0.4, -0.2) is 37.6 Å². The predicted molar refractivity (Wildman–Crippen MR) is 126 cm³/mol. The van der Waals surface area contributed by atoms with Gasteiger partial charge in [0.1, 0.15) is 11.5 Å². The maximum absolute atomic E-state index is 5.99. The van der Waals surface area contributed by atoms with E-state index in [4.69, 9.17) is 18.9 Å². The van der Waals surface area contributed by atoms with E-state index in [0.29, 0.717) is 12.2 Å². The molecule has 0 aromatic heterocycles. The number of hydrogen-bond acceptors (Lipinski definition) is 4. The molecule has 4 atom stereocenters. The van der Waals surface area contributed by atoms with Crippen LogP contribution in [0.5, 0.6) is 11.5 Å². The molecule has 4 heteroatoms. The predicted octanol–water partition coefficient (Wildman–Crippen LogP) is 6.13. The number of rotatable bonds is 10. The fourth-order valence-corrected chi connectivity index (χ4v) is 4.02. The van der Waals surface area contributed by atoms with E-state index in [1.807, 2.05) is 24.3 Å². The minimum atomic E-state index is 0.167. The fraction of sp³-hybridized carbons (Fsp3) is 0.357. The van der Waals surface area contributed by atoms with Crippen LogP contribution in [0.2, 0.25) is 0 Å². The first-order chi connectivity index (χ1) is 15.6. The van der Waals surface area contributed by atoms with Crippen molar-refractivity contribution in [2.24, 2.45) is 0 Å². The molecular formula is C28H30O4. The van der Waals surface area contributed by atoms with Gasteiger partial charge in [0, 0.05) is 12.8 Å². The minimum Gasteiger partial charge on any atom is -0.491 e. The van der Waals surface area contributed by atoms with Crippen molar-refractivity contribution in [2.75, 3.05) is 13.2 Å². The molecule has 4 unspecified atom stereocenters. The third kappa shape index (κ3) is 5.70. The van der Waals surface area contributed by atoms with Crippen molar-refractivity contribution in [1.82, 2.24) is 0 Å². The van der Waals surface area contributed by atoms with Crippen LogP contribution in [0.1, 0.15) is 26.7 Å². The average Bonchev–Trinajstić information content (AvgIpc) is 3.73. The summed E-state index contributed by atoms with van der Waals surface area (Å²) in [5.41, 5.74) is 4.74. The first-order valence-electron chi connectivity index (χ1n) is 11.5. The Morgan fingerprint density at radius 2 is 0.875 bits per heavy atom. The van der Waals surface area contributed by atoms with Crippen molar-refractivity contribution < 1.29 is 18.9 Å². The van der Waals surface area contributed by atoms with Gasteiger partial charge in [-0.2, -0.15) is 0 Å². The van der Waals surface area contributed by atoms with Crippen LogP contribution < -0.4 is 9.47 Å². The van der Waals surface area contributed by atoms with E-state index in [-0.39, 0.29) is 12.2 Å². The van der Waals surface area contributed by atoms with E-state index < -0.39 is 0 Å². The van der Waals surface area contributed by atoms with E-state index in [2.05, 4.69) is 62.4 Å². The molecular weight excluding hydrogens is 400 g/mol. The lowest BCUT2D eigenvalue weighted by atomic mass is 10.0. The van der Waals surface area contributed by atoms with E-state index >= 15 is 0 Å². The number of ether oxygens (including phenoxy) is 4. The molecule has 2 aliphatic heterocycles. The highest BCUT2D eigenvalue weighted by atomic mass is 16.6. The number of benzene rings is 3. The van der Waals surface area contributed by atoms with Crippen LogP contribution in [0.3, 0.4) is 0 Å². The highest BCUT2D eigenvalue weighted by Gasteiger charge is 2.26. The van der Waals surface area contributed by atoms with Crippen molar-refractivity contribution in [1.29, 1.82) is 0 Å². The lowest BCUT2D eigenvalue weighted by molar-refractivity contribution is 0.194. The zero-order chi connectivity index (χ0) is 21.9. The molecule has 2 saturated heterocycles. The Kier molecular flexibility index (Phi) is 6.15. The summed E-state index contributed by atoms with van der Waals surface area (Å²) in [7, 11) is 0. The topological polar surface area (TPSA) is 43.5 Å². The van der Waals surface area contributed by atoms with Gasteiger partial charge >= 0.3 is 0 Å². The fourth-order valence-electron chi connectivity index (χ4n) is 4.02. The van der Waals surface area contributed by atoms with Crippen molar-refractivity contribution in [2.45, 2.75) is 51.1 Å². The molecule has 2 heterocycles. The van der Waals surface area contributed by atoms with Gasteiger partial charge in [-0.05, 0) is 60.4 Å². The van der Waals surface area contributed by atoms with Crippen molar-refractivity contribution in [3.63, 3.8) is 0 Å². The lowest BCUT2D eigenvalue weighted by Gasteiger charge is -2.14. The second-order valence-corrected chi connectivity index (χ2v) is 8.87. The molecule has 0 aliphatic carbocycles. The van der Waals surface area contributed by atoms with Gasteiger partial charge in [-0.25, -0.2) is 0 Å². The van der Waals surface area contributed by atoms with Crippen LogP contribution in [0.25, 0.3) is 22.3 Å². The summed E-state index contributed by atoms with van der Waals surface area (Å²) in [5, 5.41) is 0. The summed E-state index contributed by atoms with van der Waals surface area (Å²) in [5.74, 6) is 1.81. The zero-order valence-corrected chi connectivity index (χ0v) is 18.7. The number of hydrogen-bond donors (Lipinski definition) is 0. The first kappa shape index (κ1) is 21.0. The summed E-state index contributed by atoms with van der Waals surface area (Å²) in [6.45, 7) is 5.93. The Balaban J connectivity index is 1.19. The molecule has 3 aromatic carbocycles. The average molecular weight is 431 g/mol. The largest absolute Gasteiger partial charge is 0.491 e. The van der Waals surface area contributed by atoms with E-state index in [9.17, 15) is 0 Å². The summed E-state index contributed by atoms with van der Waals surface area (Å²) in [6, 6.07) is 25.3. The van der Waals surface area contributed by atoms with Gasteiger partial charge in [0.15, 0.2) is 0 Å².